The number of carbonyl (C=O) groups excluding carboxylic acids is 3. The molecule has 0 saturated heterocycles. The summed E-state index contributed by atoms with van der Waals surface area (Å²) in [5.74, 6) is -0.0126. The van der Waals surface area contributed by atoms with Crippen LogP contribution in [0.5, 0.6) is 0 Å². The number of benzene rings is 1. The second kappa shape index (κ2) is 13.7. The molecule has 0 saturated carbocycles. The Morgan fingerprint density at radius 1 is 1.15 bits per heavy atom. The zero-order valence-corrected chi connectivity index (χ0v) is 24.3. The quantitative estimate of drug-likeness (QED) is 0.229. The molecule has 1 aliphatic rings. The molecular formula is C28H35N5O4S2. The summed E-state index contributed by atoms with van der Waals surface area (Å²) in [7, 11) is 0. The second-order valence-corrected chi connectivity index (χ2v) is 11.5. The van der Waals surface area contributed by atoms with E-state index in [9.17, 15) is 14.4 Å². The fourth-order valence-corrected chi connectivity index (χ4v) is 6.59. The second-order valence-electron chi connectivity index (χ2n) is 9.43. The summed E-state index contributed by atoms with van der Waals surface area (Å²) in [6.07, 6.45) is 5.76. The van der Waals surface area contributed by atoms with Gasteiger partial charge in [0.15, 0.2) is 11.0 Å². The Labute approximate surface area is 237 Å². The normalized spacial score (nSPS) is 12.6. The van der Waals surface area contributed by atoms with E-state index in [-0.39, 0.29) is 36.7 Å². The van der Waals surface area contributed by atoms with Crippen LogP contribution in [0.3, 0.4) is 0 Å². The van der Waals surface area contributed by atoms with Gasteiger partial charge in [-0.25, -0.2) is 4.79 Å². The van der Waals surface area contributed by atoms with Crippen LogP contribution in [0.4, 0.5) is 5.00 Å². The number of unbranched alkanes of at least 4 members (excludes halogenated alkanes) is 1. The fraction of sp³-hybridized carbons (Fsp3) is 0.464. The van der Waals surface area contributed by atoms with Gasteiger partial charge < -0.3 is 19.9 Å². The summed E-state index contributed by atoms with van der Waals surface area (Å²) in [5.41, 5.74) is 3.14. The van der Waals surface area contributed by atoms with Crippen molar-refractivity contribution in [2.75, 3.05) is 17.7 Å². The topological polar surface area (TPSA) is 115 Å². The minimum Gasteiger partial charge on any atom is -0.462 e. The van der Waals surface area contributed by atoms with Crippen LogP contribution in [0.15, 0.2) is 29.4 Å². The standard InChI is InChI=1S/C28H35N5O4S2/c1-4-6-14-33-22(16-29-25(35)19-11-9-10-18(3)15-19)31-32-28(33)38-17-23(34)30-26-24(27(36)37-5-2)20-12-7-8-13-21(20)39-26/h9-11,15H,4-8,12-14,16-17H2,1-3H3,(H,29,35)(H,30,34). The number of hydrogen-bond donors (Lipinski definition) is 2. The van der Waals surface area contributed by atoms with Gasteiger partial charge in [-0.2, -0.15) is 0 Å². The number of rotatable bonds is 12. The number of amides is 2. The first-order chi connectivity index (χ1) is 18.9. The van der Waals surface area contributed by atoms with Gasteiger partial charge in [0.05, 0.1) is 24.5 Å². The molecule has 39 heavy (non-hydrogen) atoms. The van der Waals surface area contributed by atoms with Gasteiger partial charge in [0.1, 0.15) is 5.00 Å². The summed E-state index contributed by atoms with van der Waals surface area (Å²) in [6.45, 7) is 7.04. The Balaban J connectivity index is 1.42. The molecule has 2 aromatic heterocycles. The molecule has 1 aromatic carbocycles. The van der Waals surface area contributed by atoms with Gasteiger partial charge in [-0.05, 0) is 63.6 Å². The van der Waals surface area contributed by atoms with E-state index < -0.39 is 0 Å². The Kier molecular flexibility index (Phi) is 10.2. The SMILES string of the molecule is CCCCn1c(CNC(=O)c2cccc(C)c2)nnc1SCC(=O)Nc1sc2c(c1C(=O)OCC)CCCC2. The summed E-state index contributed by atoms with van der Waals surface area (Å²) in [5, 5.41) is 15.7. The predicted octanol–water partition coefficient (Wildman–Crippen LogP) is 5.16. The number of aryl methyl sites for hydroxylation is 2. The number of thiophene rings is 1. The molecule has 2 heterocycles. The van der Waals surface area contributed by atoms with Crippen LogP contribution in [-0.2, 0) is 35.5 Å². The molecular weight excluding hydrogens is 534 g/mol. The van der Waals surface area contributed by atoms with Crippen LogP contribution in [0.2, 0.25) is 0 Å². The number of aromatic nitrogens is 3. The van der Waals surface area contributed by atoms with Crippen LogP contribution >= 0.6 is 23.1 Å². The average molecular weight is 570 g/mol. The highest BCUT2D eigenvalue weighted by Gasteiger charge is 2.27. The maximum Gasteiger partial charge on any atom is 0.341 e. The van der Waals surface area contributed by atoms with Crippen molar-refractivity contribution in [2.45, 2.75) is 77.5 Å². The first-order valence-corrected chi connectivity index (χ1v) is 15.2. The van der Waals surface area contributed by atoms with Crippen molar-refractivity contribution in [3.8, 4) is 0 Å². The monoisotopic (exact) mass is 569 g/mol. The molecule has 0 aliphatic heterocycles. The Bertz CT molecular complexity index is 1330. The van der Waals surface area contributed by atoms with Gasteiger partial charge in [-0.3, -0.25) is 9.59 Å². The van der Waals surface area contributed by atoms with Gasteiger partial charge in [0.2, 0.25) is 5.91 Å². The van der Waals surface area contributed by atoms with E-state index in [1.54, 1.807) is 13.0 Å². The zero-order valence-electron chi connectivity index (χ0n) is 22.7. The van der Waals surface area contributed by atoms with E-state index >= 15 is 0 Å². The Morgan fingerprint density at radius 3 is 2.74 bits per heavy atom. The number of ether oxygens (including phenoxy) is 1. The third-order valence-electron chi connectivity index (χ3n) is 6.45. The first kappa shape index (κ1) is 28.8. The highest BCUT2D eigenvalue weighted by Crippen LogP contribution is 2.38. The lowest BCUT2D eigenvalue weighted by Gasteiger charge is -2.12. The molecule has 0 spiro atoms. The molecule has 4 rings (SSSR count). The number of anilines is 1. The largest absolute Gasteiger partial charge is 0.462 e. The molecule has 208 valence electrons. The van der Waals surface area contributed by atoms with Crippen molar-refractivity contribution in [1.82, 2.24) is 20.1 Å². The van der Waals surface area contributed by atoms with Crippen LogP contribution in [0, 0.1) is 6.92 Å². The predicted molar refractivity (Wildman–Crippen MR) is 154 cm³/mol. The smallest absolute Gasteiger partial charge is 0.341 e. The van der Waals surface area contributed by atoms with Crippen molar-refractivity contribution in [3.63, 3.8) is 0 Å². The van der Waals surface area contributed by atoms with Crippen molar-refractivity contribution < 1.29 is 19.1 Å². The minimum atomic E-state index is -0.378. The zero-order chi connectivity index (χ0) is 27.8. The maximum atomic E-state index is 13.0. The number of carbonyl (C=O) groups is 3. The highest BCUT2D eigenvalue weighted by atomic mass is 32.2. The molecule has 0 unspecified atom stereocenters. The number of hydrogen-bond acceptors (Lipinski definition) is 8. The summed E-state index contributed by atoms with van der Waals surface area (Å²) >= 11 is 2.77. The van der Waals surface area contributed by atoms with Crippen LogP contribution in [-0.4, -0.2) is 44.9 Å². The summed E-state index contributed by atoms with van der Waals surface area (Å²) in [6, 6.07) is 7.42. The third kappa shape index (κ3) is 7.27. The number of nitrogens with zero attached hydrogens (tertiary/aromatic N) is 3. The van der Waals surface area contributed by atoms with Crippen LogP contribution < -0.4 is 10.6 Å². The molecule has 1 aliphatic carbocycles. The van der Waals surface area contributed by atoms with Crippen LogP contribution in [0.25, 0.3) is 0 Å². The number of thioether (sulfide) groups is 1. The van der Waals surface area contributed by atoms with Crippen molar-refractivity contribution in [3.05, 3.63) is 57.2 Å². The molecule has 3 aromatic rings. The van der Waals surface area contributed by atoms with E-state index in [0.29, 0.717) is 33.7 Å². The molecule has 2 N–H and O–H groups in total. The lowest BCUT2D eigenvalue weighted by atomic mass is 9.95. The lowest BCUT2D eigenvalue weighted by Crippen LogP contribution is -2.25. The minimum absolute atomic E-state index is 0.116. The molecule has 0 atom stereocenters. The Hall–Kier alpha value is -3.18. The van der Waals surface area contributed by atoms with Gasteiger partial charge >= 0.3 is 5.97 Å². The molecule has 9 nitrogen and oxygen atoms in total. The number of nitrogens with one attached hydrogen (secondary N) is 2. The van der Waals surface area contributed by atoms with Gasteiger partial charge in [0, 0.05) is 17.0 Å². The van der Waals surface area contributed by atoms with E-state index in [1.807, 2.05) is 29.7 Å². The molecule has 11 heteroatoms. The summed E-state index contributed by atoms with van der Waals surface area (Å²) < 4.78 is 7.26. The van der Waals surface area contributed by atoms with E-state index in [1.165, 1.54) is 23.1 Å². The Morgan fingerprint density at radius 2 is 1.97 bits per heavy atom. The van der Waals surface area contributed by atoms with E-state index in [4.69, 9.17) is 4.74 Å². The highest BCUT2D eigenvalue weighted by molar-refractivity contribution is 7.99. The first-order valence-electron chi connectivity index (χ1n) is 13.4. The van der Waals surface area contributed by atoms with E-state index in [2.05, 4.69) is 27.8 Å². The van der Waals surface area contributed by atoms with Gasteiger partial charge in [0.25, 0.3) is 5.91 Å². The summed E-state index contributed by atoms with van der Waals surface area (Å²) in [4.78, 5) is 39.4. The average Bonchev–Trinajstić information content (AvgIpc) is 3.49. The lowest BCUT2D eigenvalue weighted by molar-refractivity contribution is -0.113. The third-order valence-corrected chi connectivity index (χ3v) is 8.63. The number of fused-ring (bicyclic) bond motifs is 1. The van der Waals surface area contributed by atoms with Gasteiger partial charge in [-0.1, -0.05) is 42.8 Å². The van der Waals surface area contributed by atoms with Crippen molar-refractivity contribution in [2.24, 2.45) is 0 Å². The number of esters is 1. The van der Waals surface area contributed by atoms with Crippen LogP contribution in [0.1, 0.15) is 82.1 Å². The maximum absolute atomic E-state index is 13.0. The molecule has 0 fully saturated rings. The van der Waals surface area contributed by atoms with Crippen molar-refractivity contribution >= 4 is 45.9 Å². The fourth-order valence-electron chi connectivity index (χ4n) is 4.51. The molecule has 0 radical (unpaired) electrons. The van der Waals surface area contributed by atoms with Gasteiger partial charge in [-0.15, -0.1) is 21.5 Å². The molecule has 2 amide bonds. The van der Waals surface area contributed by atoms with E-state index in [0.717, 1.165) is 54.5 Å². The molecule has 0 bridgehead atoms. The van der Waals surface area contributed by atoms with Crippen molar-refractivity contribution in [1.29, 1.82) is 0 Å².